The highest BCUT2D eigenvalue weighted by molar-refractivity contribution is 6.42. The smallest absolute Gasteiger partial charge is 0.228 e. The van der Waals surface area contributed by atoms with Crippen LogP contribution in [0.25, 0.3) is 0 Å². The molecule has 0 heterocycles. The molecule has 1 aliphatic carbocycles. The number of benzene rings is 2. The molecule has 0 aromatic heterocycles. The molecule has 0 radical (unpaired) electrons. The number of carbonyl (C=O) groups is 2. The largest absolute Gasteiger partial charge is 0.338 e. The molecule has 1 aliphatic rings. The zero-order valence-electron chi connectivity index (χ0n) is 22.3. The number of carbonyl (C=O) groups excluding carboxylic acids is 2. The van der Waals surface area contributed by atoms with Crippen LogP contribution in [0.4, 0.5) is 0 Å². The van der Waals surface area contributed by atoms with E-state index in [2.05, 4.69) is 18.2 Å². The molecule has 3 rings (SSSR count). The molecule has 35 heavy (non-hydrogen) atoms. The Morgan fingerprint density at radius 3 is 2.03 bits per heavy atom. The predicted octanol–water partition coefficient (Wildman–Crippen LogP) is 8.48. The van der Waals surface area contributed by atoms with Crippen molar-refractivity contribution in [2.45, 2.75) is 79.7 Å². The third kappa shape index (κ3) is 5.78. The molecule has 0 bridgehead atoms. The molecule has 2 unspecified atom stereocenters. The molecule has 190 valence electrons. The molecule has 0 saturated carbocycles. The number of ketones is 1. The van der Waals surface area contributed by atoms with E-state index in [1.807, 2.05) is 84.7 Å². The summed E-state index contributed by atoms with van der Waals surface area (Å²) in [4.78, 5) is 28.8. The molecule has 3 nitrogen and oxygen atoms in total. The summed E-state index contributed by atoms with van der Waals surface area (Å²) in [5.41, 5.74) is 1.82. The number of fused-ring (bicyclic) bond motifs is 1. The molecular weight excluding hydrogens is 477 g/mol. The Kier molecular flexibility index (Phi) is 7.85. The first-order valence-electron chi connectivity index (χ1n) is 12.4. The molecular formula is C30H39Cl2NO2. The minimum absolute atomic E-state index is 0.0153. The minimum atomic E-state index is -0.672. The number of rotatable bonds is 6. The van der Waals surface area contributed by atoms with E-state index in [1.54, 1.807) is 0 Å². The standard InChI is InChI=1S/C30H39Cl2NO2/c1-28(2,3)26(34)29(4,5)18-30(6,7)27(35)33(8)25-16-14-20(21-11-9-10-12-22(21)25)19-13-15-23(31)24(32)17-19/h9-13,15,17,20,25H,14,16,18H2,1-8H3. The summed E-state index contributed by atoms with van der Waals surface area (Å²) < 4.78 is 0. The van der Waals surface area contributed by atoms with Crippen molar-refractivity contribution < 1.29 is 9.59 Å². The Hall–Kier alpha value is -1.84. The molecule has 0 fully saturated rings. The first-order valence-corrected chi connectivity index (χ1v) is 13.2. The monoisotopic (exact) mass is 515 g/mol. The van der Waals surface area contributed by atoms with Gasteiger partial charge in [-0.05, 0) is 48.1 Å². The molecule has 2 aromatic rings. The minimum Gasteiger partial charge on any atom is -0.338 e. The van der Waals surface area contributed by atoms with Crippen molar-refractivity contribution in [3.05, 3.63) is 69.2 Å². The second kappa shape index (κ2) is 9.90. The second-order valence-electron chi connectivity index (χ2n) is 12.4. The van der Waals surface area contributed by atoms with Gasteiger partial charge in [0.1, 0.15) is 5.78 Å². The predicted molar refractivity (Wildman–Crippen MR) is 146 cm³/mol. The van der Waals surface area contributed by atoms with Gasteiger partial charge in [0, 0.05) is 29.2 Å². The van der Waals surface area contributed by atoms with Gasteiger partial charge in [-0.15, -0.1) is 0 Å². The van der Waals surface area contributed by atoms with Crippen molar-refractivity contribution in [1.82, 2.24) is 4.90 Å². The van der Waals surface area contributed by atoms with Crippen LogP contribution in [0.5, 0.6) is 0 Å². The highest BCUT2D eigenvalue weighted by Gasteiger charge is 2.44. The molecule has 0 N–H and O–H groups in total. The molecule has 0 spiro atoms. The third-order valence-electron chi connectivity index (χ3n) is 7.35. The van der Waals surface area contributed by atoms with Crippen LogP contribution >= 0.6 is 23.2 Å². The normalized spacial score (nSPS) is 18.7. The fourth-order valence-electron chi connectivity index (χ4n) is 6.14. The van der Waals surface area contributed by atoms with E-state index in [9.17, 15) is 9.59 Å². The molecule has 0 saturated heterocycles. The van der Waals surface area contributed by atoms with E-state index in [0.717, 1.165) is 18.4 Å². The Balaban J connectivity index is 1.88. The second-order valence-corrected chi connectivity index (χ2v) is 13.2. The number of Topliss-reactive ketones (excluding diaryl/α,β-unsaturated/α-hetero) is 1. The average Bonchev–Trinajstić information content (AvgIpc) is 2.77. The van der Waals surface area contributed by atoms with Crippen molar-refractivity contribution >= 4 is 34.9 Å². The Labute approximate surface area is 221 Å². The molecule has 5 heteroatoms. The van der Waals surface area contributed by atoms with Gasteiger partial charge in [0.05, 0.1) is 16.1 Å². The van der Waals surface area contributed by atoms with Crippen molar-refractivity contribution in [2.75, 3.05) is 7.05 Å². The zero-order chi connectivity index (χ0) is 26.3. The van der Waals surface area contributed by atoms with E-state index in [4.69, 9.17) is 23.2 Å². The van der Waals surface area contributed by atoms with Crippen LogP contribution in [0.3, 0.4) is 0 Å². The molecule has 0 aliphatic heterocycles. The van der Waals surface area contributed by atoms with Gasteiger partial charge in [0.15, 0.2) is 0 Å². The summed E-state index contributed by atoms with van der Waals surface area (Å²) in [6.07, 6.45) is 2.26. The maximum atomic E-state index is 13.8. The highest BCUT2D eigenvalue weighted by Crippen LogP contribution is 2.46. The highest BCUT2D eigenvalue weighted by atomic mass is 35.5. The lowest BCUT2D eigenvalue weighted by atomic mass is 9.66. The van der Waals surface area contributed by atoms with Gasteiger partial charge >= 0.3 is 0 Å². The fraction of sp³-hybridized carbons (Fsp3) is 0.533. The number of hydrogen-bond acceptors (Lipinski definition) is 2. The summed E-state index contributed by atoms with van der Waals surface area (Å²) in [6, 6.07) is 14.2. The van der Waals surface area contributed by atoms with Crippen LogP contribution in [0.1, 0.15) is 96.4 Å². The SMILES string of the molecule is CN(C(=O)C(C)(C)CC(C)(C)C(=O)C(C)(C)C)C1CCC(c2ccc(Cl)c(Cl)c2)c2ccccc21. The topological polar surface area (TPSA) is 37.4 Å². The lowest BCUT2D eigenvalue weighted by Crippen LogP contribution is -2.46. The average molecular weight is 517 g/mol. The van der Waals surface area contributed by atoms with Gasteiger partial charge in [0.2, 0.25) is 5.91 Å². The van der Waals surface area contributed by atoms with Crippen LogP contribution in [0.2, 0.25) is 10.0 Å². The molecule has 2 aromatic carbocycles. The van der Waals surface area contributed by atoms with Crippen LogP contribution in [0.15, 0.2) is 42.5 Å². The van der Waals surface area contributed by atoms with E-state index < -0.39 is 16.2 Å². The number of hydrogen-bond donors (Lipinski definition) is 0. The first kappa shape index (κ1) is 27.7. The quantitative estimate of drug-likeness (QED) is 0.386. The first-order chi connectivity index (χ1) is 16.1. The van der Waals surface area contributed by atoms with Gasteiger partial charge in [-0.25, -0.2) is 0 Å². The van der Waals surface area contributed by atoms with Crippen LogP contribution in [-0.4, -0.2) is 23.6 Å². The number of amides is 1. The van der Waals surface area contributed by atoms with E-state index >= 15 is 0 Å². The Morgan fingerprint density at radius 1 is 0.857 bits per heavy atom. The zero-order valence-corrected chi connectivity index (χ0v) is 23.8. The summed E-state index contributed by atoms with van der Waals surface area (Å²) >= 11 is 12.5. The Bertz CT molecular complexity index is 1110. The van der Waals surface area contributed by atoms with Crippen molar-refractivity contribution in [3.63, 3.8) is 0 Å². The van der Waals surface area contributed by atoms with E-state index in [0.29, 0.717) is 16.5 Å². The summed E-state index contributed by atoms with van der Waals surface area (Å²) in [7, 11) is 1.91. The number of nitrogens with zero attached hydrogens (tertiary/aromatic N) is 1. The number of halogens is 2. The summed E-state index contributed by atoms with van der Waals surface area (Å²) in [5, 5.41) is 1.11. The van der Waals surface area contributed by atoms with Crippen molar-refractivity contribution in [3.8, 4) is 0 Å². The van der Waals surface area contributed by atoms with Crippen LogP contribution in [-0.2, 0) is 9.59 Å². The molecule has 1 amide bonds. The van der Waals surface area contributed by atoms with Gasteiger partial charge in [-0.3, -0.25) is 9.59 Å². The van der Waals surface area contributed by atoms with Gasteiger partial charge < -0.3 is 4.90 Å². The maximum Gasteiger partial charge on any atom is 0.228 e. The van der Waals surface area contributed by atoms with Crippen LogP contribution < -0.4 is 0 Å². The van der Waals surface area contributed by atoms with Gasteiger partial charge in [0.25, 0.3) is 0 Å². The third-order valence-corrected chi connectivity index (χ3v) is 8.09. The van der Waals surface area contributed by atoms with E-state index in [1.165, 1.54) is 11.1 Å². The summed E-state index contributed by atoms with van der Waals surface area (Å²) in [5.74, 6) is 0.457. The van der Waals surface area contributed by atoms with Crippen molar-refractivity contribution in [1.29, 1.82) is 0 Å². The lowest BCUT2D eigenvalue weighted by Gasteiger charge is -2.42. The summed E-state index contributed by atoms with van der Waals surface area (Å²) in [6.45, 7) is 13.7. The maximum absolute atomic E-state index is 13.8. The van der Waals surface area contributed by atoms with E-state index in [-0.39, 0.29) is 23.7 Å². The van der Waals surface area contributed by atoms with Crippen molar-refractivity contribution in [2.24, 2.45) is 16.2 Å². The Morgan fingerprint density at radius 2 is 1.46 bits per heavy atom. The lowest BCUT2D eigenvalue weighted by molar-refractivity contribution is -0.146. The fourth-order valence-corrected chi connectivity index (χ4v) is 6.45. The molecule has 2 atom stereocenters. The van der Waals surface area contributed by atoms with Gasteiger partial charge in [-0.1, -0.05) is 102 Å². The van der Waals surface area contributed by atoms with Crippen LogP contribution in [0, 0.1) is 16.2 Å². The van der Waals surface area contributed by atoms with Gasteiger partial charge in [-0.2, -0.15) is 0 Å².